The number of amides is 1. The van der Waals surface area contributed by atoms with Crippen LogP contribution in [0.5, 0.6) is 0 Å². The average Bonchev–Trinajstić information content (AvgIpc) is 2.98. The van der Waals surface area contributed by atoms with E-state index >= 15 is 0 Å². The Morgan fingerprint density at radius 1 is 0.791 bits per heavy atom. The van der Waals surface area contributed by atoms with E-state index in [0.717, 1.165) is 12.5 Å². The highest BCUT2D eigenvalue weighted by molar-refractivity contribution is 5.73. The smallest absolute Gasteiger partial charge is 0.217 e. The highest BCUT2D eigenvalue weighted by Crippen LogP contribution is 2.33. The number of carbonyl (C=O) groups excluding carboxylic acids is 1. The minimum atomic E-state index is -1.85. The molecule has 16 nitrogen and oxygen atoms in total. The Hall–Kier alpha value is -1.87. The van der Waals surface area contributed by atoms with Crippen molar-refractivity contribution in [2.45, 2.75) is 113 Å². The van der Waals surface area contributed by atoms with Gasteiger partial charge < -0.3 is 74.6 Å². The zero-order valence-electron chi connectivity index (χ0n) is 23.6. The van der Waals surface area contributed by atoms with Gasteiger partial charge in [0.15, 0.2) is 18.9 Å². The number of ether oxygens (including phenoxy) is 6. The molecule has 244 valence electrons. The Morgan fingerprint density at radius 2 is 1.40 bits per heavy atom. The first-order chi connectivity index (χ1) is 20.4. The summed E-state index contributed by atoms with van der Waals surface area (Å²) < 4.78 is 34.7. The molecule has 0 aromatic heterocycles. The van der Waals surface area contributed by atoms with E-state index in [0.29, 0.717) is 0 Å². The first-order valence-corrected chi connectivity index (χ1v) is 14.0. The number of aliphatic hydroxyl groups excluding tert-OH is 8. The Labute approximate surface area is 247 Å². The molecule has 16 heteroatoms. The molecule has 9 N–H and O–H groups in total. The highest BCUT2D eigenvalue weighted by Gasteiger charge is 2.54. The lowest BCUT2D eigenvalue weighted by atomic mass is 9.94. The molecule has 0 bridgehead atoms. The minimum absolute atomic E-state index is 0.126. The van der Waals surface area contributed by atoms with Gasteiger partial charge in [-0.2, -0.15) is 0 Å². The second-order valence-corrected chi connectivity index (χ2v) is 10.9. The second-order valence-electron chi connectivity index (χ2n) is 10.9. The van der Waals surface area contributed by atoms with Crippen LogP contribution >= 0.6 is 0 Å². The fourth-order valence-corrected chi connectivity index (χ4v) is 5.25. The van der Waals surface area contributed by atoms with Gasteiger partial charge in [-0.3, -0.25) is 4.79 Å². The third kappa shape index (κ3) is 7.86. The van der Waals surface area contributed by atoms with E-state index in [4.69, 9.17) is 28.4 Å². The lowest BCUT2D eigenvalue weighted by Crippen LogP contribution is -2.69. The normalized spacial score (nSPS) is 43.7. The van der Waals surface area contributed by atoms with Crippen LogP contribution in [-0.2, 0) is 39.8 Å². The van der Waals surface area contributed by atoms with E-state index < -0.39 is 105 Å². The van der Waals surface area contributed by atoms with Crippen LogP contribution < -0.4 is 5.32 Å². The molecule has 1 aromatic rings. The maximum atomic E-state index is 12.1. The van der Waals surface area contributed by atoms with Gasteiger partial charge in [0.2, 0.25) is 5.91 Å². The molecule has 43 heavy (non-hydrogen) atoms. The van der Waals surface area contributed by atoms with Crippen LogP contribution in [-0.4, -0.2) is 152 Å². The minimum Gasteiger partial charge on any atom is -0.394 e. The number of hydrogen-bond acceptors (Lipinski definition) is 15. The van der Waals surface area contributed by atoms with Crippen molar-refractivity contribution in [3.05, 3.63) is 35.9 Å². The zero-order chi connectivity index (χ0) is 31.4. The first-order valence-electron chi connectivity index (χ1n) is 14.0. The molecule has 15 atom stereocenters. The predicted octanol–water partition coefficient (Wildman–Crippen LogP) is -4.18. The summed E-state index contributed by atoms with van der Waals surface area (Å²) in [5.74, 6) is -0.617. The van der Waals surface area contributed by atoms with Gasteiger partial charge in [0.1, 0.15) is 67.1 Å². The van der Waals surface area contributed by atoms with Crippen LogP contribution in [0.15, 0.2) is 30.3 Å². The summed E-state index contributed by atoms with van der Waals surface area (Å²) in [6.45, 7) is 1.75. The molecule has 3 aliphatic heterocycles. The third-order valence-corrected chi connectivity index (χ3v) is 7.67. The summed E-state index contributed by atoms with van der Waals surface area (Å²) in [6.07, 6.45) is -21.6. The first kappa shape index (κ1) is 34.0. The van der Waals surface area contributed by atoms with Gasteiger partial charge in [-0.15, -0.1) is 0 Å². The molecule has 4 rings (SSSR count). The number of rotatable bonds is 10. The molecule has 3 fully saturated rings. The molecule has 0 saturated carbocycles. The largest absolute Gasteiger partial charge is 0.394 e. The Morgan fingerprint density at radius 3 is 2.02 bits per heavy atom. The molecule has 3 saturated heterocycles. The van der Waals surface area contributed by atoms with Gasteiger partial charge in [0, 0.05) is 6.92 Å². The van der Waals surface area contributed by atoms with Crippen LogP contribution in [0.25, 0.3) is 0 Å². The Kier molecular flexibility index (Phi) is 11.8. The van der Waals surface area contributed by atoms with Crippen LogP contribution in [0.1, 0.15) is 19.4 Å². The van der Waals surface area contributed by atoms with Gasteiger partial charge in [-0.05, 0) is 12.5 Å². The lowest BCUT2D eigenvalue weighted by Gasteiger charge is -2.49. The molecule has 1 aromatic carbocycles. The summed E-state index contributed by atoms with van der Waals surface area (Å²) >= 11 is 0. The van der Waals surface area contributed by atoms with Crippen LogP contribution in [0.4, 0.5) is 0 Å². The van der Waals surface area contributed by atoms with Crippen molar-refractivity contribution in [3.8, 4) is 0 Å². The van der Waals surface area contributed by atoms with Gasteiger partial charge in [-0.1, -0.05) is 30.3 Å². The maximum absolute atomic E-state index is 12.1. The standard InChI is InChI=1S/C27H41NO15/c1-11-17(31)19(33)21(35)26(39-11)42-23-15(10-38-9-13-6-4-3-5-7-13)40-25(37)16(28-12(2)30)24(23)43-27-22(36)20(34)18(32)14(8-29)41-27/h3-7,11,14-27,29,31-37H,8-10H2,1-2H3,(H,28,30)/t11-,14+,15+,16+,17-,18-,19+,20-,21+,22+,23+,24+,25+,26-,27-/m0/s1. The Balaban J connectivity index is 1.65. The van der Waals surface area contributed by atoms with Crippen molar-refractivity contribution in [1.29, 1.82) is 0 Å². The topological polar surface area (TPSA) is 246 Å². The SMILES string of the molecule is CC(=O)N[C@@H]1[C@@H](O[C@@H]2O[C@H](CO)[C@H](O)[C@H](O)[C@H]2O)[C@H](O[C@@H]2O[C@@H](C)[C@H](O)[C@@H](O)[C@H]2O)[C@@H](COCc2ccccc2)O[C@H]1O. The molecule has 0 unspecified atom stereocenters. The number of carbonyl (C=O) groups is 1. The molecule has 0 spiro atoms. The molecule has 1 amide bonds. The fourth-order valence-electron chi connectivity index (χ4n) is 5.25. The lowest BCUT2D eigenvalue weighted by molar-refractivity contribution is -0.371. The Bertz CT molecular complexity index is 1020. The van der Waals surface area contributed by atoms with E-state index in [1.807, 2.05) is 30.3 Å². The monoisotopic (exact) mass is 619 g/mol. The van der Waals surface area contributed by atoms with Crippen molar-refractivity contribution in [3.63, 3.8) is 0 Å². The number of nitrogens with one attached hydrogen (secondary N) is 1. The summed E-state index contributed by atoms with van der Waals surface area (Å²) in [7, 11) is 0. The molecule has 3 aliphatic rings. The average molecular weight is 620 g/mol. The van der Waals surface area contributed by atoms with Crippen molar-refractivity contribution in [1.82, 2.24) is 5.32 Å². The van der Waals surface area contributed by atoms with Crippen molar-refractivity contribution in [2.24, 2.45) is 0 Å². The number of benzene rings is 1. The summed E-state index contributed by atoms with van der Waals surface area (Å²) in [6, 6.07) is 7.71. The number of hydrogen-bond donors (Lipinski definition) is 9. The van der Waals surface area contributed by atoms with E-state index in [1.54, 1.807) is 0 Å². The van der Waals surface area contributed by atoms with Gasteiger partial charge in [0.05, 0.1) is 25.9 Å². The van der Waals surface area contributed by atoms with E-state index in [9.17, 15) is 45.6 Å². The van der Waals surface area contributed by atoms with E-state index in [-0.39, 0.29) is 13.2 Å². The molecular formula is C27H41NO15. The fraction of sp³-hybridized carbons (Fsp3) is 0.741. The van der Waals surface area contributed by atoms with E-state index in [2.05, 4.69) is 5.32 Å². The van der Waals surface area contributed by atoms with Crippen molar-refractivity contribution >= 4 is 5.91 Å². The van der Waals surface area contributed by atoms with E-state index in [1.165, 1.54) is 6.92 Å². The zero-order valence-corrected chi connectivity index (χ0v) is 23.6. The molecule has 3 heterocycles. The summed E-state index contributed by atoms with van der Waals surface area (Å²) in [5, 5.41) is 85.4. The quantitative estimate of drug-likeness (QED) is 0.121. The molecule has 0 radical (unpaired) electrons. The van der Waals surface area contributed by atoms with Gasteiger partial charge >= 0.3 is 0 Å². The van der Waals surface area contributed by atoms with Gasteiger partial charge in [0.25, 0.3) is 0 Å². The van der Waals surface area contributed by atoms with Gasteiger partial charge in [-0.25, -0.2) is 0 Å². The van der Waals surface area contributed by atoms with Crippen molar-refractivity contribution < 1.29 is 74.1 Å². The second kappa shape index (κ2) is 14.9. The summed E-state index contributed by atoms with van der Waals surface area (Å²) in [4.78, 5) is 12.1. The molecule has 0 aliphatic carbocycles. The summed E-state index contributed by atoms with van der Waals surface area (Å²) in [5.41, 5.74) is 0.818. The third-order valence-electron chi connectivity index (χ3n) is 7.67. The predicted molar refractivity (Wildman–Crippen MR) is 140 cm³/mol. The van der Waals surface area contributed by atoms with Crippen LogP contribution in [0.3, 0.4) is 0 Å². The van der Waals surface area contributed by atoms with Crippen LogP contribution in [0, 0.1) is 0 Å². The molecular weight excluding hydrogens is 578 g/mol. The highest BCUT2D eigenvalue weighted by atomic mass is 16.7. The van der Waals surface area contributed by atoms with Crippen molar-refractivity contribution in [2.75, 3.05) is 13.2 Å². The maximum Gasteiger partial charge on any atom is 0.217 e. The van der Waals surface area contributed by atoms with Crippen LogP contribution in [0.2, 0.25) is 0 Å². The number of aliphatic hydroxyl groups is 8.